The summed E-state index contributed by atoms with van der Waals surface area (Å²) in [5.74, 6) is -0.683. The maximum absolute atomic E-state index is 13.7. The first-order valence-electron chi connectivity index (χ1n) is 8.56. The number of hydrogen-bond acceptors (Lipinski definition) is 2. The number of benzene rings is 2. The fraction of sp³-hybridized carbons (Fsp3) is 0.182. The smallest absolute Gasteiger partial charge is 0.228 e. The quantitative estimate of drug-likeness (QED) is 0.627. The molecule has 0 saturated heterocycles. The Morgan fingerprint density at radius 2 is 1.96 bits per heavy atom. The van der Waals surface area contributed by atoms with Crippen LogP contribution in [0.2, 0.25) is 0 Å². The molecule has 3 nitrogen and oxygen atoms in total. The summed E-state index contributed by atoms with van der Waals surface area (Å²) in [6.45, 7) is 5.86. The van der Waals surface area contributed by atoms with Crippen LogP contribution in [0.1, 0.15) is 18.9 Å². The van der Waals surface area contributed by atoms with E-state index in [9.17, 15) is 9.18 Å². The van der Waals surface area contributed by atoms with Crippen molar-refractivity contribution in [2.45, 2.75) is 19.8 Å². The van der Waals surface area contributed by atoms with Crippen molar-refractivity contribution in [1.82, 2.24) is 4.98 Å². The first-order valence-corrected chi connectivity index (χ1v) is 8.56. The lowest BCUT2D eigenvalue weighted by molar-refractivity contribution is -0.119. The number of fused-ring (bicyclic) bond motifs is 1. The minimum absolute atomic E-state index is 0.0885. The van der Waals surface area contributed by atoms with Gasteiger partial charge >= 0.3 is 0 Å². The number of pyridine rings is 1. The first-order chi connectivity index (χ1) is 12.5. The highest BCUT2D eigenvalue weighted by Gasteiger charge is 2.19. The topological polar surface area (TPSA) is 42.0 Å². The van der Waals surface area contributed by atoms with Gasteiger partial charge in [-0.1, -0.05) is 48.0 Å². The number of para-hydroxylation sites is 1. The molecule has 2 aromatic carbocycles. The molecule has 132 valence electrons. The standard InChI is InChI=1S/C22H21FN2O/c1-15(2)11-18(12-16-7-4-3-5-8-16)22(26)25-19-13-17-9-6-10-20(23)21(17)24-14-19/h3-10,13-14,18H,1,11-12H2,2H3,(H,25,26). The Kier molecular flexibility index (Phi) is 5.42. The van der Waals surface area contributed by atoms with Crippen LogP contribution in [-0.4, -0.2) is 10.9 Å². The zero-order valence-corrected chi connectivity index (χ0v) is 14.7. The monoisotopic (exact) mass is 348 g/mol. The van der Waals surface area contributed by atoms with Gasteiger partial charge < -0.3 is 5.32 Å². The van der Waals surface area contributed by atoms with Gasteiger partial charge in [-0.2, -0.15) is 0 Å². The van der Waals surface area contributed by atoms with Crippen molar-refractivity contribution >= 4 is 22.5 Å². The molecule has 1 amide bonds. The normalized spacial score (nSPS) is 11.9. The molecule has 0 bridgehead atoms. The first kappa shape index (κ1) is 17.8. The summed E-state index contributed by atoms with van der Waals surface area (Å²) in [7, 11) is 0. The zero-order valence-electron chi connectivity index (χ0n) is 14.7. The fourth-order valence-electron chi connectivity index (χ4n) is 3.01. The van der Waals surface area contributed by atoms with Crippen molar-refractivity contribution < 1.29 is 9.18 Å². The molecule has 1 heterocycles. The van der Waals surface area contributed by atoms with E-state index < -0.39 is 0 Å². The van der Waals surface area contributed by atoms with Crippen LogP contribution in [-0.2, 0) is 11.2 Å². The highest BCUT2D eigenvalue weighted by molar-refractivity contribution is 5.94. The Bertz CT molecular complexity index is 937. The van der Waals surface area contributed by atoms with Crippen molar-refractivity contribution in [1.29, 1.82) is 0 Å². The zero-order chi connectivity index (χ0) is 18.5. The van der Waals surface area contributed by atoms with Crippen LogP contribution in [0.3, 0.4) is 0 Å². The Hall–Kier alpha value is -3.01. The van der Waals surface area contributed by atoms with Gasteiger partial charge in [0, 0.05) is 11.3 Å². The van der Waals surface area contributed by atoms with Crippen LogP contribution in [0.15, 0.2) is 72.9 Å². The van der Waals surface area contributed by atoms with Crippen LogP contribution < -0.4 is 5.32 Å². The Morgan fingerprint density at radius 1 is 1.19 bits per heavy atom. The molecule has 0 spiro atoms. The number of nitrogens with zero attached hydrogens (tertiary/aromatic N) is 1. The van der Waals surface area contributed by atoms with Crippen molar-refractivity contribution in [2.24, 2.45) is 5.92 Å². The molecule has 0 saturated carbocycles. The second-order valence-electron chi connectivity index (χ2n) is 6.57. The third-order valence-corrected chi connectivity index (χ3v) is 4.22. The summed E-state index contributed by atoms with van der Waals surface area (Å²) >= 11 is 0. The van der Waals surface area contributed by atoms with Gasteiger partial charge in [0.15, 0.2) is 0 Å². The van der Waals surface area contributed by atoms with Crippen LogP contribution >= 0.6 is 0 Å². The van der Waals surface area contributed by atoms with Gasteiger partial charge in [-0.3, -0.25) is 9.78 Å². The minimum atomic E-state index is -0.371. The largest absolute Gasteiger partial charge is 0.324 e. The van der Waals surface area contributed by atoms with Crippen molar-refractivity contribution in [2.75, 3.05) is 5.32 Å². The van der Waals surface area contributed by atoms with Crippen molar-refractivity contribution in [3.05, 3.63) is 84.3 Å². The maximum atomic E-state index is 13.7. The van der Waals surface area contributed by atoms with E-state index in [0.29, 0.717) is 29.4 Å². The number of anilines is 1. The van der Waals surface area contributed by atoms with Gasteiger partial charge in [0.2, 0.25) is 5.91 Å². The number of aromatic nitrogens is 1. The molecule has 0 aliphatic rings. The predicted octanol–water partition coefficient (Wildman–Crippen LogP) is 5.14. The summed E-state index contributed by atoms with van der Waals surface area (Å²) < 4.78 is 13.7. The van der Waals surface area contributed by atoms with Crippen LogP contribution in [0, 0.1) is 11.7 Å². The fourth-order valence-corrected chi connectivity index (χ4v) is 3.01. The molecule has 1 atom stereocenters. The number of nitrogens with one attached hydrogen (secondary N) is 1. The molecular formula is C22H21FN2O. The molecule has 0 fully saturated rings. The molecule has 3 aromatic rings. The second-order valence-corrected chi connectivity index (χ2v) is 6.57. The molecule has 1 unspecified atom stereocenters. The molecule has 0 radical (unpaired) electrons. The minimum Gasteiger partial charge on any atom is -0.324 e. The van der Waals surface area contributed by atoms with E-state index in [0.717, 1.165) is 11.1 Å². The average molecular weight is 348 g/mol. The molecule has 1 N–H and O–H groups in total. The van der Waals surface area contributed by atoms with Crippen LogP contribution in [0.5, 0.6) is 0 Å². The summed E-state index contributed by atoms with van der Waals surface area (Å²) in [5.41, 5.74) is 2.92. The van der Waals surface area contributed by atoms with Gasteiger partial charge in [0.25, 0.3) is 0 Å². The number of carbonyl (C=O) groups excluding carboxylic acids is 1. The van der Waals surface area contributed by atoms with Gasteiger partial charge in [-0.05, 0) is 37.5 Å². The third-order valence-electron chi connectivity index (χ3n) is 4.22. The molecule has 1 aromatic heterocycles. The van der Waals surface area contributed by atoms with Crippen molar-refractivity contribution in [3.8, 4) is 0 Å². The highest BCUT2D eigenvalue weighted by atomic mass is 19.1. The lowest BCUT2D eigenvalue weighted by Crippen LogP contribution is -2.25. The maximum Gasteiger partial charge on any atom is 0.228 e. The summed E-state index contributed by atoms with van der Waals surface area (Å²) in [5, 5.41) is 3.57. The summed E-state index contributed by atoms with van der Waals surface area (Å²) in [4.78, 5) is 16.9. The lowest BCUT2D eigenvalue weighted by Gasteiger charge is -2.17. The second kappa shape index (κ2) is 7.91. The number of rotatable bonds is 6. The molecular weight excluding hydrogens is 327 g/mol. The third kappa shape index (κ3) is 4.33. The average Bonchev–Trinajstić information content (AvgIpc) is 2.62. The van der Waals surface area contributed by atoms with E-state index in [1.54, 1.807) is 18.2 Å². The van der Waals surface area contributed by atoms with Gasteiger partial charge in [0.05, 0.1) is 11.9 Å². The van der Waals surface area contributed by atoms with E-state index >= 15 is 0 Å². The highest BCUT2D eigenvalue weighted by Crippen LogP contribution is 2.22. The number of allylic oxidation sites excluding steroid dienone is 1. The number of halogens is 1. The molecule has 0 aliphatic carbocycles. The predicted molar refractivity (Wildman–Crippen MR) is 103 cm³/mol. The van der Waals surface area contributed by atoms with E-state index in [1.807, 2.05) is 37.3 Å². The molecule has 3 rings (SSSR count). The van der Waals surface area contributed by atoms with E-state index in [-0.39, 0.29) is 17.6 Å². The Morgan fingerprint density at radius 3 is 2.69 bits per heavy atom. The van der Waals surface area contributed by atoms with Gasteiger partial charge in [-0.15, -0.1) is 6.58 Å². The number of hydrogen-bond donors (Lipinski definition) is 1. The molecule has 4 heteroatoms. The summed E-state index contributed by atoms with van der Waals surface area (Å²) in [6.07, 6.45) is 2.73. The van der Waals surface area contributed by atoms with E-state index in [2.05, 4.69) is 16.9 Å². The van der Waals surface area contributed by atoms with Crippen LogP contribution in [0.25, 0.3) is 10.9 Å². The number of carbonyl (C=O) groups is 1. The van der Waals surface area contributed by atoms with Crippen LogP contribution in [0.4, 0.5) is 10.1 Å². The van der Waals surface area contributed by atoms with E-state index in [4.69, 9.17) is 0 Å². The Labute approximate surface area is 152 Å². The Balaban J connectivity index is 1.79. The van der Waals surface area contributed by atoms with Gasteiger partial charge in [-0.25, -0.2) is 4.39 Å². The summed E-state index contributed by atoms with van der Waals surface area (Å²) in [6, 6.07) is 16.4. The lowest BCUT2D eigenvalue weighted by atomic mass is 9.92. The molecule has 0 aliphatic heterocycles. The van der Waals surface area contributed by atoms with Gasteiger partial charge in [0.1, 0.15) is 11.3 Å². The van der Waals surface area contributed by atoms with Crippen molar-refractivity contribution in [3.63, 3.8) is 0 Å². The SMILES string of the molecule is C=C(C)CC(Cc1ccccc1)C(=O)Nc1cnc2c(F)cccc2c1. The van der Waals surface area contributed by atoms with E-state index in [1.165, 1.54) is 12.3 Å². The molecule has 26 heavy (non-hydrogen) atoms. The number of amides is 1.